The average Bonchev–Trinajstić information content (AvgIpc) is 3.13. The van der Waals surface area contributed by atoms with E-state index in [0.717, 1.165) is 41.7 Å². The van der Waals surface area contributed by atoms with E-state index < -0.39 is 0 Å². The highest BCUT2D eigenvalue weighted by Crippen LogP contribution is 2.24. The summed E-state index contributed by atoms with van der Waals surface area (Å²) in [4.78, 5) is 12.5. The van der Waals surface area contributed by atoms with Gasteiger partial charge in [0.25, 0.3) is 0 Å². The van der Waals surface area contributed by atoms with E-state index >= 15 is 0 Å². The van der Waals surface area contributed by atoms with Crippen molar-refractivity contribution < 1.29 is 4.79 Å². The van der Waals surface area contributed by atoms with Crippen LogP contribution in [0.15, 0.2) is 18.2 Å². The van der Waals surface area contributed by atoms with Crippen LogP contribution >= 0.6 is 11.6 Å². The molecule has 0 spiro atoms. The largest absolute Gasteiger partial charge is 0.326 e. The first-order chi connectivity index (χ1) is 14.4. The number of carbonyl (C=O) groups is 1. The van der Waals surface area contributed by atoms with Crippen LogP contribution in [-0.2, 0) is 17.6 Å². The molecule has 30 heavy (non-hydrogen) atoms. The molecule has 1 unspecified atom stereocenters. The van der Waals surface area contributed by atoms with Gasteiger partial charge in [-0.15, -0.1) is 10.2 Å². The number of aromatic nitrogens is 3. The van der Waals surface area contributed by atoms with Crippen molar-refractivity contribution in [2.24, 2.45) is 5.92 Å². The number of anilines is 1. The lowest BCUT2D eigenvalue weighted by molar-refractivity contribution is -0.116. The number of halogens is 1. The number of rotatable bonds is 12. The number of hydrogen-bond acceptors (Lipinski definition) is 3. The van der Waals surface area contributed by atoms with Crippen molar-refractivity contribution in [3.05, 3.63) is 40.4 Å². The van der Waals surface area contributed by atoms with Crippen LogP contribution in [0.2, 0.25) is 5.02 Å². The molecule has 1 aromatic heterocycles. The van der Waals surface area contributed by atoms with Gasteiger partial charge in [-0.05, 0) is 50.8 Å². The lowest BCUT2D eigenvalue weighted by atomic mass is 9.94. The quantitative estimate of drug-likeness (QED) is 0.414. The second kappa shape index (κ2) is 12.1. The summed E-state index contributed by atoms with van der Waals surface area (Å²) >= 11 is 6.15. The van der Waals surface area contributed by atoms with E-state index in [1.165, 1.54) is 25.7 Å². The summed E-state index contributed by atoms with van der Waals surface area (Å²) in [5.41, 5.74) is 1.64. The number of benzene rings is 1. The number of amides is 1. The third-order valence-electron chi connectivity index (χ3n) is 5.79. The first kappa shape index (κ1) is 24.4. The van der Waals surface area contributed by atoms with E-state index in [1.807, 2.05) is 25.1 Å². The van der Waals surface area contributed by atoms with Crippen LogP contribution in [0.5, 0.6) is 0 Å². The molecule has 2 aromatic rings. The van der Waals surface area contributed by atoms with Gasteiger partial charge < -0.3 is 9.88 Å². The van der Waals surface area contributed by atoms with Gasteiger partial charge in [-0.2, -0.15) is 0 Å². The van der Waals surface area contributed by atoms with Crippen molar-refractivity contribution in [1.29, 1.82) is 0 Å². The molecule has 5 nitrogen and oxygen atoms in total. The highest BCUT2D eigenvalue weighted by Gasteiger charge is 2.17. The van der Waals surface area contributed by atoms with Gasteiger partial charge in [-0.1, -0.05) is 57.2 Å². The molecular formula is C24H37ClN4O. The molecule has 0 radical (unpaired) electrons. The Morgan fingerprint density at radius 1 is 1.13 bits per heavy atom. The van der Waals surface area contributed by atoms with Gasteiger partial charge in [0.15, 0.2) is 0 Å². The number of carbonyl (C=O) groups excluding carboxylic acids is 1. The summed E-state index contributed by atoms with van der Waals surface area (Å²) < 4.78 is 2.21. The number of nitrogens with one attached hydrogen (secondary N) is 1. The summed E-state index contributed by atoms with van der Waals surface area (Å²) in [6.07, 6.45) is 8.08. The number of aryl methyl sites for hydroxylation is 2. The predicted octanol–water partition coefficient (Wildman–Crippen LogP) is 6.54. The van der Waals surface area contributed by atoms with E-state index in [2.05, 4.69) is 47.8 Å². The highest BCUT2D eigenvalue weighted by atomic mass is 35.5. The Morgan fingerprint density at radius 2 is 1.83 bits per heavy atom. The SMILES string of the molecule is CCCCC(CC)CCc1nnc(CCC(=O)Nc2cccc(Cl)c2C)n1C(C)C. The van der Waals surface area contributed by atoms with Crippen molar-refractivity contribution in [3.63, 3.8) is 0 Å². The molecular weight excluding hydrogens is 396 g/mol. The van der Waals surface area contributed by atoms with Crippen molar-refractivity contribution in [2.75, 3.05) is 5.32 Å². The average molecular weight is 433 g/mol. The normalized spacial score (nSPS) is 12.4. The molecule has 1 atom stereocenters. The summed E-state index contributed by atoms with van der Waals surface area (Å²) in [5.74, 6) is 2.64. The highest BCUT2D eigenvalue weighted by molar-refractivity contribution is 6.31. The fourth-order valence-electron chi connectivity index (χ4n) is 3.86. The molecule has 6 heteroatoms. The smallest absolute Gasteiger partial charge is 0.224 e. The van der Waals surface area contributed by atoms with E-state index in [0.29, 0.717) is 17.9 Å². The van der Waals surface area contributed by atoms with E-state index in [1.54, 1.807) is 0 Å². The zero-order chi connectivity index (χ0) is 22.1. The second-order valence-electron chi connectivity index (χ2n) is 8.41. The van der Waals surface area contributed by atoms with Crippen LogP contribution in [0.1, 0.15) is 89.5 Å². The summed E-state index contributed by atoms with van der Waals surface area (Å²) in [6.45, 7) is 10.7. The van der Waals surface area contributed by atoms with Crippen molar-refractivity contribution in [2.45, 2.75) is 92.0 Å². The van der Waals surface area contributed by atoms with Crippen LogP contribution < -0.4 is 5.32 Å². The molecule has 0 aliphatic carbocycles. The summed E-state index contributed by atoms with van der Waals surface area (Å²) in [6, 6.07) is 5.82. The minimum absolute atomic E-state index is 0.0363. The monoisotopic (exact) mass is 432 g/mol. The number of nitrogens with zero attached hydrogens (tertiary/aromatic N) is 3. The lowest BCUT2D eigenvalue weighted by Crippen LogP contribution is -2.16. The van der Waals surface area contributed by atoms with Crippen LogP contribution in [0.3, 0.4) is 0 Å². The van der Waals surface area contributed by atoms with E-state index in [9.17, 15) is 4.79 Å². The Morgan fingerprint density at radius 3 is 2.47 bits per heavy atom. The van der Waals surface area contributed by atoms with Gasteiger partial charge in [0.2, 0.25) is 5.91 Å². The topological polar surface area (TPSA) is 59.8 Å². The van der Waals surface area contributed by atoms with Gasteiger partial charge in [0.05, 0.1) is 0 Å². The standard InChI is InChI=1S/C24H37ClN4O/c1-6-8-10-19(7-2)13-14-22-27-28-23(29(22)17(3)4)15-16-24(30)26-21-12-9-11-20(25)18(21)5/h9,11-12,17,19H,6-8,10,13-16H2,1-5H3,(H,26,30). The molecule has 2 rings (SSSR count). The van der Waals surface area contributed by atoms with Gasteiger partial charge in [-0.25, -0.2) is 0 Å². The molecule has 166 valence electrons. The molecule has 1 amide bonds. The zero-order valence-corrected chi connectivity index (χ0v) is 19.9. The number of unbranched alkanes of at least 4 members (excludes halogenated alkanes) is 1. The Balaban J connectivity index is 1.98. The number of hydrogen-bond donors (Lipinski definition) is 1. The van der Waals surface area contributed by atoms with Crippen molar-refractivity contribution in [3.8, 4) is 0 Å². The van der Waals surface area contributed by atoms with Crippen molar-refractivity contribution in [1.82, 2.24) is 14.8 Å². The van der Waals surface area contributed by atoms with Crippen LogP contribution in [0.4, 0.5) is 5.69 Å². The molecule has 0 aliphatic heterocycles. The van der Waals surface area contributed by atoms with Crippen LogP contribution in [0.25, 0.3) is 0 Å². The summed E-state index contributed by atoms with van der Waals surface area (Å²) in [7, 11) is 0. The lowest BCUT2D eigenvalue weighted by Gasteiger charge is -2.17. The van der Waals surface area contributed by atoms with E-state index in [4.69, 9.17) is 11.6 Å². The van der Waals surface area contributed by atoms with E-state index in [-0.39, 0.29) is 11.9 Å². The third-order valence-corrected chi connectivity index (χ3v) is 6.20. The molecule has 0 aliphatic rings. The Hall–Kier alpha value is -1.88. The maximum Gasteiger partial charge on any atom is 0.224 e. The molecule has 0 saturated carbocycles. The predicted molar refractivity (Wildman–Crippen MR) is 125 cm³/mol. The van der Waals surface area contributed by atoms with Crippen LogP contribution in [-0.4, -0.2) is 20.7 Å². The Kier molecular flexibility index (Phi) is 9.83. The maximum absolute atomic E-state index is 12.5. The van der Waals surface area contributed by atoms with Crippen LogP contribution in [0, 0.1) is 12.8 Å². The van der Waals surface area contributed by atoms with Crippen molar-refractivity contribution >= 4 is 23.2 Å². The van der Waals surface area contributed by atoms with Gasteiger partial charge in [0, 0.05) is 36.0 Å². The Bertz CT molecular complexity index is 816. The van der Waals surface area contributed by atoms with Gasteiger partial charge >= 0.3 is 0 Å². The minimum atomic E-state index is -0.0363. The summed E-state index contributed by atoms with van der Waals surface area (Å²) in [5, 5.41) is 12.5. The van der Waals surface area contributed by atoms with Gasteiger partial charge in [0.1, 0.15) is 11.6 Å². The minimum Gasteiger partial charge on any atom is -0.326 e. The molecule has 0 saturated heterocycles. The fraction of sp³-hybridized carbons (Fsp3) is 0.625. The third kappa shape index (κ3) is 6.83. The Labute approximate surface area is 186 Å². The fourth-order valence-corrected chi connectivity index (χ4v) is 4.03. The second-order valence-corrected chi connectivity index (χ2v) is 8.82. The molecule has 0 bridgehead atoms. The maximum atomic E-state index is 12.5. The molecule has 1 aromatic carbocycles. The first-order valence-electron chi connectivity index (χ1n) is 11.3. The zero-order valence-electron chi connectivity index (χ0n) is 19.2. The first-order valence-corrected chi connectivity index (χ1v) is 11.7. The van der Waals surface area contributed by atoms with Gasteiger partial charge in [-0.3, -0.25) is 4.79 Å². The molecule has 1 heterocycles. The molecule has 1 N–H and O–H groups in total. The molecule has 0 fully saturated rings.